The third-order valence-electron chi connectivity index (χ3n) is 5.32. The second-order valence-electron chi connectivity index (χ2n) is 7.58. The Balaban J connectivity index is 1.37. The van der Waals surface area contributed by atoms with Crippen molar-refractivity contribution in [1.82, 2.24) is 9.78 Å². The first-order valence-electron chi connectivity index (χ1n) is 10.8. The van der Waals surface area contributed by atoms with Crippen LogP contribution >= 0.6 is 11.3 Å². The van der Waals surface area contributed by atoms with Gasteiger partial charge < -0.3 is 13.9 Å². The molecule has 0 saturated carbocycles. The smallest absolute Gasteiger partial charge is 0.336 e. The molecule has 2 aromatic carbocycles. The van der Waals surface area contributed by atoms with Crippen molar-refractivity contribution in [2.45, 2.75) is 6.61 Å². The topological polar surface area (TPSA) is 83.6 Å². The number of methoxy groups -OCH3 is 1. The zero-order valence-corrected chi connectivity index (χ0v) is 19.5. The largest absolute Gasteiger partial charge is 0.497 e. The zero-order valence-electron chi connectivity index (χ0n) is 18.7. The maximum absolute atomic E-state index is 12.5. The third-order valence-corrected chi connectivity index (χ3v) is 6.20. The number of para-hydroxylation sites is 1. The zero-order chi connectivity index (χ0) is 24.2. The molecule has 8 heteroatoms. The summed E-state index contributed by atoms with van der Waals surface area (Å²) in [6, 6.07) is 20.2. The van der Waals surface area contributed by atoms with E-state index in [1.807, 2.05) is 54.0 Å². The fraction of sp³-hybridized carbons (Fsp3) is 0.0741. The lowest BCUT2D eigenvalue weighted by atomic mass is 10.1. The van der Waals surface area contributed by atoms with Gasteiger partial charge in [-0.1, -0.05) is 24.3 Å². The van der Waals surface area contributed by atoms with Crippen LogP contribution in [0.3, 0.4) is 0 Å². The van der Waals surface area contributed by atoms with Crippen LogP contribution in [-0.4, -0.2) is 22.9 Å². The van der Waals surface area contributed by atoms with Crippen LogP contribution in [-0.2, 0) is 16.1 Å². The fourth-order valence-corrected chi connectivity index (χ4v) is 4.37. The molecular formula is C27H20N2O5S. The molecule has 0 aliphatic heterocycles. The maximum Gasteiger partial charge on any atom is 0.336 e. The summed E-state index contributed by atoms with van der Waals surface area (Å²) in [6.07, 6.45) is 4.92. The molecule has 0 N–H and O–H groups in total. The molecule has 174 valence electrons. The minimum atomic E-state index is -0.538. The summed E-state index contributed by atoms with van der Waals surface area (Å²) < 4.78 is 17.6. The van der Waals surface area contributed by atoms with Crippen LogP contribution in [0, 0.1) is 0 Å². The molecule has 3 aromatic heterocycles. The first kappa shape index (κ1) is 22.4. The highest BCUT2D eigenvalue weighted by Crippen LogP contribution is 2.29. The number of rotatable bonds is 7. The molecule has 7 nitrogen and oxygen atoms in total. The van der Waals surface area contributed by atoms with E-state index in [9.17, 15) is 9.59 Å². The molecule has 0 amide bonds. The lowest BCUT2D eigenvalue weighted by molar-refractivity contribution is -0.138. The molecule has 0 unspecified atom stereocenters. The van der Waals surface area contributed by atoms with E-state index >= 15 is 0 Å². The highest BCUT2D eigenvalue weighted by atomic mass is 32.1. The van der Waals surface area contributed by atoms with Crippen molar-refractivity contribution >= 4 is 34.4 Å². The van der Waals surface area contributed by atoms with Gasteiger partial charge >= 0.3 is 11.6 Å². The molecule has 0 aliphatic rings. The summed E-state index contributed by atoms with van der Waals surface area (Å²) >= 11 is 1.57. The molecule has 0 radical (unpaired) electrons. The number of hydrogen-bond acceptors (Lipinski definition) is 7. The number of aromatic nitrogens is 2. The predicted octanol–water partition coefficient (Wildman–Crippen LogP) is 5.47. The lowest BCUT2D eigenvalue weighted by Crippen LogP contribution is -2.05. The summed E-state index contributed by atoms with van der Waals surface area (Å²) in [6.45, 7) is -0.0708. The summed E-state index contributed by atoms with van der Waals surface area (Å²) in [7, 11) is 1.53. The molecule has 0 spiro atoms. The van der Waals surface area contributed by atoms with E-state index in [-0.39, 0.29) is 6.61 Å². The molecule has 3 heterocycles. The number of thiophene rings is 1. The van der Waals surface area contributed by atoms with E-state index in [4.69, 9.17) is 19.0 Å². The average molecular weight is 485 g/mol. The van der Waals surface area contributed by atoms with Gasteiger partial charge in [-0.2, -0.15) is 5.10 Å². The number of benzene rings is 2. The van der Waals surface area contributed by atoms with E-state index in [2.05, 4.69) is 0 Å². The van der Waals surface area contributed by atoms with E-state index in [1.54, 1.807) is 40.3 Å². The monoisotopic (exact) mass is 484 g/mol. The van der Waals surface area contributed by atoms with Crippen molar-refractivity contribution in [2.75, 3.05) is 7.11 Å². The molecule has 0 fully saturated rings. The third kappa shape index (κ3) is 4.92. The first-order chi connectivity index (χ1) is 17.1. The molecule has 0 saturated heterocycles. The Morgan fingerprint density at radius 3 is 2.74 bits per heavy atom. The van der Waals surface area contributed by atoms with Crippen LogP contribution in [0.25, 0.3) is 33.3 Å². The van der Waals surface area contributed by atoms with E-state index in [1.165, 1.54) is 19.3 Å². The summed E-state index contributed by atoms with van der Waals surface area (Å²) in [4.78, 5) is 25.5. The quantitative estimate of drug-likeness (QED) is 0.173. The van der Waals surface area contributed by atoms with Crippen molar-refractivity contribution in [3.8, 4) is 22.0 Å². The van der Waals surface area contributed by atoms with Gasteiger partial charge in [0.1, 0.15) is 23.6 Å². The minimum absolute atomic E-state index is 0.0708. The molecular weight excluding hydrogens is 464 g/mol. The molecule has 0 atom stereocenters. The van der Waals surface area contributed by atoms with Gasteiger partial charge in [0.2, 0.25) is 0 Å². The first-order valence-corrected chi connectivity index (χ1v) is 11.6. The number of nitrogens with zero attached hydrogens (tertiary/aromatic N) is 2. The van der Waals surface area contributed by atoms with E-state index in [0.717, 1.165) is 21.8 Å². The number of ether oxygens (including phenoxy) is 2. The Labute approximate surface area is 204 Å². The fourth-order valence-electron chi connectivity index (χ4n) is 3.64. The average Bonchev–Trinajstić information content (AvgIpc) is 3.56. The lowest BCUT2D eigenvalue weighted by Gasteiger charge is -2.07. The van der Waals surface area contributed by atoms with Gasteiger partial charge in [0.15, 0.2) is 0 Å². The Hall–Kier alpha value is -4.43. The number of fused-ring (bicyclic) bond motifs is 1. The van der Waals surface area contributed by atoms with Crippen LogP contribution in [0.2, 0.25) is 0 Å². The van der Waals surface area contributed by atoms with Crippen LogP contribution in [0.1, 0.15) is 11.1 Å². The summed E-state index contributed by atoms with van der Waals surface area (Å²) in [5.74, 6) is 0.0276. The highest BCUT2D eigenvalue weighted by Gasteiger charge is 2.13. The van der Waals surface area contributed by atoms with Crippen molar-refractivity contribution in [3.63, 3.8) is 0 Å². The van der Waals surface area contributed by atoms with Crippen LogP contribution in [0.4, 0.5) is 0 Å². The normalized spacial score (nSPS) is 11.2. The number of esters is 1. The maximum atomic E-state index is 12.5. The van der Waals surface area contributed by atoms with Crippen molar-refractivity contribution in [2.24, 2.45) is 0 Å². The number of carbonyl (C=O) groups is 1. The van der Waals surface area contributed by atoms with E-state index in [0.29, 0.717) is 22.3 Å². The van der Waals surface area contributed by atoms with Gasteiger partial charge in [0.05, 0.1) is 17.7 Å². The van der Waals surface area contributed by atoms with Gasteiger partial charge in [-0.15, -0.1) is 11.3 Å². The molecule has 5 aromatic rings. The van der Waals surface area contributed by atoms with Crippen LogP contribution in [0.5, 0.6) is 5.75 Å². The van der Waals surface area contributed by atoms with Gasteiger partial charge in [-0.05, 0) is 41.8 Å². The van der Waals surface area contributed by atoms with Gasteiger partial charge in [0, 0.05) is 40.9 Å². The van der Waals surface area contributed by atoms with Crippen molar-refractivity contribution in [1.29, 1.82) is 0 Å². The van der Waals surface area contributed by atoms with Crippen LogP contribution in [0.15, 0.2) is 93.6 Å². The second kappa shape index (κ2) is 9.82. The molecule has 0 aliphatic carbocycles. The standard InChI is InChI=1S/C27H20N2O5S/c1-32-21-10-11-22-19(14-26(31)34-23(22)15-21)17-33-25(30)12-9-18-16-29(20-6-3-2-4-7-20)28-27(18)24-8-5-13-35-24/h2-16H,17H2,1H3. The molecule has 0 bridgehead atoms. The summed E-state index contributed by atoms with van der Waals surface area (Å²) in [5.41, 5.74) is 2.86. The SMILES string of the molecule is COc1ccc2c(COC(=O)C=Cc3cn(-c4ccccc4)nc3-c3cccs3)cc(=O)oc2c1. The minimum Gasteiger partial charge on any atom is -0.497 e. The summed E-state index contributed by atoms with van der Waals surface area (Å²) in [5, 5.41) is 7.37. The highest BCUT2D eigenvalue weighted by molar-refractivity contribution is 7.13. The van der Waals surface area contributed by atoms with Crippen LogP contribution < -0.4 is 10.4 Å². The second-order valence-corrected chi connectivity index (χ2v) is 8.53. The molecule has 35 heavy (non-hydrogen) atoms. The number of carbonyl (C=O) groups excluding carboxylic acids is 1. The Kier molecular flexibility index (Phi) is 6.28. The predicted molar refractivity (Wildman–Crippen MR) is 135 cm³/mol. The van der Waals surface area contributed by atoms with Crippen molar-refractivity contribution in [3.05, 3.63) is 106 Å². The van der Waals surface area contributed by atoms with Crippen molar-refractivity contribution < 1.29 is 18.7 Å². The Bertz CT molecular complexity index is 1570. The number of hydrogen-bond donors (Lipinski definition) is 0. The van der Waals surface area contributed by atoms with E-state index < -0.39 is 11.6 Å². The van der Waals surface area contributed by atoms with Gasteiger partial charge in [-0.3, -0.25) is 0 Å². The van der Waals surface area contributed by atoms with Gasteiger partial charge in [-0.25, -0.2) is 14.3 Å². The Morgan fingerprint density at radius 1 is 1.11 bits per heavy atom. The Morgan fingerprint density at radius 2 is 1.97 bits per heavy atom. The van der Waals surface area contributed by atoms with Gasteiger partial charge in [0.25, 0.3) is 0 Å². The molecule has 5 rings (SSSR count).